The predicted molar refractivity (Wildman–Crippen MR) is 89.8 cm³/mol. The summed E-state index contributed by atoms with van der Waals surface area (Å²) >= 11 is 0. The fraction of sp³-hybridized carbons (Fsp3) is 0.706. The Balaban J connectivity index is 1.99. The number of rotatable bonds is 6. The molecule has 1 unspecified atom stereocenters. The van der Waals surface area contributed by atoms with Gasteiger partial charge in [-0.05, 0) is 19.4 Å². The van der Waals surface area contributed by atoms with Crippen molar-refractivity contribution in [2.75, 3.05) is 31.1 Å². The Morgan fingerprint density at radius 1 is 1.19 bits per heavy atom. The van der Waals surface area contributed by atoms with Crippen LogP contribution in [0, 0.1) is 0 Å². The van der Waals surface area contributed by atoms with Gasteiger partial charge in [0.2, 0.25) is 0 Å². The Morgan fingerprint density at radius 3 is 2.52 bits per heavy atom. The number of aromatic nitrogens is 1. The Kier molecular flexibility index (Phi) is 6.00. The Labute approximate surface area is 129 Å². The molecule has 0 spiro atoms. The van der Waals surface area contributed by atoms with Gasteiger partial charge in [-0.3, -0.25) is 4.90 Å². The molecule has 1 fully saturated rings. The van der Waals surface area contributed by atoms with Crippen LogP contribution in [0.3, 0.4) is 0 Å². The summed E-state index contributed by atoms with van der Waals surface area (Å²) in [6, 6.07) is 5.42. The van der Waals surface area contributed by atoms with Gasteiger partial charge in [0.05, 0.1) is 0 Å². The van der Waals surface area contributed by atoms with Crippen LogP contribution in [0.2, 0.25) is 0 Å². The summed E-state index contributed by atoms with van der Waals surface area (Å²) in [5.74, 6) is 1.16. The summed E-state index contributed by atoms with van der Waals surface area (Å²) < 4.78 is 0. The zero-order chi connectivity index (χ0) is 15.2. The maximum absolute atomic E-state index is 4.64. The molecule has 4 heteroatoms. The predicted octanol–water partition coefficient (Wildman–Crippen LogP) is 2.50. The highest BCUT2D eigenvalue weighted by molar-refractivity contribution is 5.47. The fourth-order valence-electron chi connectivity index (χ4n) is 2.80. The first kappa shape index (κ1) is 16.2. The van der Waals surface area contributed by atoms with Gasteiger partial charge in [-0.15, -0.1) is 0 Å². The van der Waals surface area contributed by atoms with Crippen molar-refractivity contribution in [3.8, 4) is 0 Å². The molecule has 118 valence electrons. The molecule has 1 atom stereocenters. The maximum Gasteiger partial charge on any atom is 0.133 e. The van der Waals surface area contributed by atoms with E-state index >= 15 is 0 Å². The molecule has 1 saturated heterocycles. The number of nitrogens with one attached hydrogen (secondary N) is 1. The van der Waals surface area contributed by atoms with Gasteiger partial charge in [-0.1, -0.05) is 26.8 Å². The van der Waals surface area contributed by atoms with Crippen molar-refractivity contribution in [1.29, 1.82) is 0 Å². The molecule has 0 aromatic carbocycles. The molecule has 0 saturated carbocycles. The maximum atomic E-state index is 4.64. The molecule has 4 nitrogen and oxygen atoms in total. The first-order valence-electron chi connectivity index (χ1n) is 8.28. The summed E-state index contributed by atoms with van der Waals surface area (Å²) in [5, 5.41) is 3.50. The fourth-order valence-corrected chi connectivity index (χ4v) is 2.80. The van der Waals surface area contributed by atoms with Crippen LogP contribution in [0.15, 0.2) is 18.3 Å². The van der Waals surface area contributed by atoms with Crippen LogP contribution < -0.4 is 10.2 Å². The zero-order valence-corrected chi connectivity index (χ0v) is 14.0. The van der Waals surface area contributed by atoms with Crippen molar-refractivity contribution in [2.24, 2.45) is 0 Å². The van der Waals surface area contributed by atoms with Crippen LogP contribution in [-0.4, -0.2) is 48.1 Å². The standard InChI is InChI=1S/C17H30N4/c1-5-15(4)20-9-11-21(12-10-20)17-16(7-6-8-18-17)13-19-14(2)3/h6-8,14-15,19H,5,9-13H2,1-4H3. The van der Waals surface area contributed by atoms with Gasteiger partial charge >= 0.3 is 0 Å². The van der Waals surface area contributed by atoms with E-state index < -0.39 is 0 Å². The summed E-state index contributed by atoms with van der Waals surface area (Å²) in [5.41, 5.74) is 1.31. The van der Waals surface area contributed by atoms with Gasteiger partial charge in [0.15, 0.2) is 0 Å². The van der Waals surface area contributed by atoms with Gasteiger partial charge in [-0.25, -0.2) is 4.98 Å². The molecule has 0 bridgehead atoms. The summed E-state index contributed by atoms with van der Waals surface area (Å²) in [7, 11) is 0. The molecule has 1 aromatic heterocycles. The van der Waals surface area contributed by atoms with E-state index in [1.807, 2.05) is 12.3 Å². The smallest absolute Gasteiger partial charge is 0.133 e. The quantitative estimate of drug-likeness (QED) is 0.872. The van der Waals surface area contributed by atoms with Crippen molar-refractivity contribution >= 4 is 5.82 Å². The second-order valence-electron chi connectivity index (χ2n) is 6.30. The van der Waals surface area contributed by atoms with Crippen molar-refractivity contribution < 1.29 is 0 Å². The molecule has 2 rings (SSSR count). The third-order valence-corrected chi connectivity index (χ3v) is 4.40. The molecule has 1 aliphatic heterocycles. The van der Waals surface area contributed by atoms with Crippen LogP contribution in [0.25, 0.3) is 0 Å². The van der Waals surface area contributed by atoms with E-state index in [1.165, 1.54) is 12.0 Å². The average Bonchev–Trinajstić information content (AvgIpc) is 2.52. The van der Waals surface area contributed by atoms with E-state index in [4.69, 9.17) is 0 Å². The molecule has 1 aromatic rings. The van der Waals surface area contributed by atoms with Gasteiger partial charge in [0.1, 0.15) is 5.82 Å². The van der Waals surface area contributed by atoms with Crippen LogP contribution >= 0.6 is 0 Å². The molecule has 0 radical (unpaired) electrons. The van der Waals surface area contributed by atoms with E-state index in [0.29, 0.717) is 12.1 Å². The normalized spacial score (nSPS) is 18.2. The lowest BCUT2D eigenvalue weighted by atomic mass is 10.1. The third kappa shape index (κ3) is 4.42. The number of hydrogen-bond donors (Lipinski definition) is 1. The lowest BCUT2D eigenvalue weighted by molar-refractivity contribution is 0.192. The van der Waals surface area contributed by atoms with Crippen molar-refractivity contribution in [3.05, 3.63) is 23.9 Å². The minimum atomic E-state index is 0.500. The van der Waals surface area contributed by atoms with E-state index in [0.717, 1.165) is 38.5 Å². The number of anilines is 1. The van der Waals surface area contributed by atoms with Gasteiger partial charge in [0.25, 0.3) is 0 Å². The summed E-state index contributed by atoms with van der Waals surface area (Å²) in [4.78, 5) is 9.67. The highest BCUT2D eigenvalue weighted by atomic mass is 15.3. The lowest BCUT2D eigenvalue weighted by Crippen LogP contribution is -2.50. The average molecular weight is 290 g/mol. The second-order valence-corrected chi connectivity index (χ2v) is 6.30. The monoisotopic (exact) mass is 290 g/mol. The number of hydrogen-bond acceptors (Lipinski definition) is 4. The molecule has 1 N–H and O–H groups in total. The van der Waals surface area contributed by atoms with Gasteiger partial charge in [-0.2, -0.15) is 0 Å². The Hall–Kier alpha value is -1.13. The Bertz CT molecular complexity index is 425. The van der Waals surface area contributed by atoms with Crippen molar-refractivity contribution in [2.45, 2.75) is 52.7 Å². The van der Waals surface area contributed by atoms with Gasteiger partial charge in [0, 0.05) is 56.6 Å². The molecular weight excluding hydrogens is 260 g/mol. The lowest BCUT2D eigenvalue weighted by Gasteiger charge is -2.39. The van der Waals surface area contributed by atoms with Crippen LogP contribution in [0.5, 0.6) is 0 Å². The SMILES string of the molecule is CCC(C)N1CCN(c2ncccc2CNC(C)C)CC1. The molecule has 1 aliphatic rings. The molecular formula is C17H30N4. The molecule has 0 aliphatic carbocycles. The van der Waals surface area contributed by atoms with Gasteiger partial charge < -0.3 is 10.2 Å². The second kappa shape index (κ2) is 7.76. The van der Waals surface area contributed by atoms with E-state index in [1.54, 1.807) is 0 Å². The molecule has 2 heterocycles. The number of pyridine rings is 1. The minimum Gasteiger partial charge on any atom is -0.354 e. The zero-order valence-electron chi connectivity index (χ0n) is 14.0. The van der Waals surface area contributed by atoms with Crippen molar-refractivity contribution in [3.63, 3.8) is 0 Å². The minimum absolute atomic E-state index is 0.500. The van der Waals surface area contributed by atoms with E-state index in [2.05, 4.69) is 53.9 Å². The highest BCUT2D eigenvalue weighted by Gasteiger charge is 2.22. The van der Waals surface area contributed by atoms with Crippen LogP contribution in [-0.2, 0) is 6.54 Å². The largest absolute Gasteiger partial charge is 0.354 e. The highest BCUT2D eigenvalue weighted by Crippen LogP contribution is 2.20. The number of piperazine rings is 1. The van der Waals surface area contributed by atoms with Crippen molar-refractivity contribution in [1.82, 2.24) is 15.2 Å². The summed E-state index contributed by atoms with van der Waals surface area (Å²) in [6.07, 6.45) is 3.14. The first-order chi connectivity index (χ1) is 10.1. The topological polar surface area (TPSA) is 31.4 Å². The summed E-state index contributed by atoms with van der Waals surface area (Å²) in [6.45, 7) is 14.3. The molecule has 0 amide bonds. The first-order valence-corrected chi connectivity index (χ1v) is 8.28. The Morgan fingerprint density at radius 2 is 1.90 bits per heavy atom. The molecule has 21 heavy (non-hydrogen) atoms. The van der Waals surface area contributed by atoms with Crippen LogP contribution in [0.1, 0.15) is 39.7 Å². The third-order valence-electron chi connectivity index (χ3n) is 4.40. The van der Waals surface area contributed by atoms with Crippen LogP contribution in [0.4, 0.5) is 5.82 Å². The number of nitrogens with zero attached hydrogens (tertiary/aromatic N) is 3. The van der Waals surface area contributed by atoms with E-state index in [9.17, 15) is 0 Å². The van der Waals surface area contributed by atoms with E-state index in [-0.39, 0.29) is 0 Å².